The van der Waals surface area contributed by atoms with Crippen molar-refractivity contribution in [3.8, 4) is 45.0 Å². The molecule has 0 saturated heterocycles. The molecule has 7 aromatic rings. The lowest BCUT2D eigenvalue weighted by Crippen LogP contribution is -2.34. The fourth-order valence-electron chi connectivity index (χ4n) is 7.55. The van der Waals surface area contributed by atoms with Crippen LogP contribution in [0.25, 0.3) is 88.6 Å². The van der Waals surface area contributed by atoms with Gasteiger partial charge in [0.25, 0.3) is 30.3 Å². The van der Waals surface area contributed by atoms with Crippen molar-refractivity contribution in [3.63, 3.8) is 0 Å². The quantitative estimate of drug-likeness (QED) is 0.0956. The lowest BCUT2D eigenvalue weighted by molar-refractivity contribution is 0.284. The summed E-state index contributed by atoms with van der Waals surface area (Å²) in [5, 5.41) is 6.60. The molecule has 0 radical (unpaired) electrons. The number of aromatic nitrogens is 4. The van der Waals surface area contributed by atoms with Crippen LogP contribution < -0.4 is 9.27 Å². The molecule has 0 amide bonds. The number of nitrogens with zero attached hydrogens (tertiary/aromatic N) is 2. The van der Waals surface area contributed by atoms with Crippen molar-refractivity contribution < 1.29 is 68.3 Å². The van der Waals surface area contributed by atoms with E-state index in [1.165, 1.54) is 76.9 Å². The number of nitrogens with one attached hydrogen (secondary N) is 3. The lowest BCUT2D eigenvalue weighted by Gasteiger charge is -2.08. The molecular weight excluding hydrogens is 989 g/mol. The molecule has 342 valence electrons. The summed E-state index contributed by atoms with van der Waals surface area (Å²) in [7, 11) is -28.5. The van der Waals surface area contributed by atoms with Gasteiger partial charge in [-0.15, -0.1) is 4.13 Å². The summed E-state index contributed by atoms with van der Waals surface area (Å²) < 4.78 is 183. The zero-order valence-electron chi connectivity index (χ0n) is 32.7. The number of rotatable bonds is 10. The Bertz CT molecular complexity index is 4170. The van der Waals surface area contributed by atoms with Crippen LogP contribution in [0.2, 0.25) is 0 Å². The van der Waals surface area contributed by atoms with Gasteiger partial charge in [-0.2, -0.15) is 25.3 Å². The number of primary sulfonamides is 1. The minimum atomic E-state index is -5.05. The standard InChI is InChI=1S/C38H28N6O16S6/c39-62(47,48)19-1-5-23-27(11-19)35-15-32-24-6-2-20(63(49,50)44-61(45,46)10-9-60-66(57,58)59)12-28(24)36(41-32)16-33-25-7-3-21(64(51,52)53)13-29(25)38(42-33)18-34-26-8-4-22(65(54,55)56)14-30(26)37(43-34)17-31(23)40-35/h1-8,11-18,41,43-44H,9-10H2,(H2,39,47,48)(H,51,52,53)(H,54,55,56)(H,57,58,59). The molecule has 2 aliphatic heterocycles. The van der Waals surface area contributed by atoms with Crippen LogP contribution >= 0.6 is 0 Å². The maximum Gasteiger partial charge on any atom is 0.397 e. The fourth-order valence-corrected chi connectivity index (χ4v) is 12.4. The number of hydrogen-bond acceptors (Lipinski definition) is 15. The molecule has 4 aromatic carbocycles. The average molecular weight is 1020 g/mol. The van der Waals surface area contributed by atoms with E-state index in [1.807, 2.05) is 0 Å². The molecule has 0 fully saturated rings. The third-order valence-corrected chi connectivity index (χ3v) is 17.0. The minimum Gasteiger partial charge on any atom is -0.354 e. The largest absolute Gasteiger partial charge is 0.397 e. The van der Waals surface area contributed by atoms with Gasteiger partial charge in [0.2, 0.25) is 20.0 Å². The SMILES string of the molecule is NS(=O)(=O)c1ccc2c(c1)-c1cc3[nH]c(cc4nc(cc5[nH]c(cc-2n1)c1cc(S(=O)(=O)O)ccc51)-c1cc(S(=O)(=O)O)ccc1-4)c1cc(S(=O)(=O)NS(=O)(=O)CCOS(=O)(=O)O)ccc31. The highest BCUT2D eigenvalue weighted by Crippen LogP contribution is 2.42. The Balaban J connectivity index is 1.38. The molecule has 2 aliphatic rings. The highest BCUT2D eigenvalue weighted by Gasteiger charge is 2.27. The summed E-state index contributed by atoms with van der Waals surface area (Å²) in [5.41, 5.74) is 2.73. The fraction of sp³-hybridized carbons (Fsp3) is 0.0526. The van der Waals surface area contributed by atoms with Crippen molar-refractivity contribution in [1.29, 1.82) is 0 Å². The minimum absolute atomic E-state index is 0.121. The number of sulfonamides is 3. The van der Waals surface area contributed by atoms with Crippen molar-refractivity contribution in [1.82, 2.24) is 24.1 Å². The van der Waals surface area contributed by atoms with Gasteiger partial charge in [-0.25, -0.2) is 44.5 Å². The molecule has 66 heavy (non-hydrogen) atoms. The first-order valence-electron chi connectivity index (χ1n) is 18.4. The van der Waals surface area contributed by atoms with Crippen molar-refractivity contribution in [2.75, 3.05) is 12.4 Å². The van der Waals surface area contributed by atoms with Gasteiger partial charge in [-0.05, 0) is 72.8 Å². The van der Waals surface area contributed by atoms with Gasteiger partial charge in [-0.1, -0.05) is 24.3 Å². The van der Waals surface area contributed by atoms with Gasteiger partial charge in [0.15, 0.2) is 0 Å². The lowest BCUT2D eigenvalue weighted by atomic mass is 10.0. The van der Waals surface area contributed by atoms with Crippen LogP contribution in [0.5, 0.6) is 0 Å². The molecule has 0 saturated carbocycles. The predicted octanol–water partition coefficient (Wildman–Crippen LogP) is 3.86. The molecule has 5 heterocycles. The highest BCUT2D eigenvalue weighted by molar-refractivity contribution is 8.04. The molecule has 8 bridgehead atoms. The Morgan fingerprint density at radius 2 is 0.879 bits per heavy atom. The summed E-state index contributed by atoms with van der Waals surface area (Å²) in [6, 6.07) is 21.0. The molecule has 0 unspecified atom stereocenters. The van der Waals surface area contributed by atoms with E-state index in [-0.39, 0.29) is 66.1 Å². The molecule has 22 nitrogen and oxygen atoms in total. The summed E-state index contributed by atoms with van der Waals surface area (Å²) >= 11 is 0. The Hall–Kier alpha value is -6.02. The van der Waals surface area contributed by atoms with Gasteiger partial charge < -0.3 is 9.97 Å². The molecule has 28 heteroatoms. The highest BCUT2D eigenvalue weighted by atomic mass is 32.3. The number of nitrogens with two attached hydrogens (primary N) is 1. The van der Waals surface area contributed by atoms with Gasteiger partial charge >= 0.3 is 10.4 Å². The van der Waals surface area contributed by atoms with Crippen LogP contribution in [0, 0.1) is 0 Å². The molecule has 9 rings (SSSR count). The number of benzene rings is 4. The second-order valence-corrected chi connectivity index (χ2v) is 24.0. The van der Waals surface area contributed by atoms with E-state index in [9.17, 15) is 59.6 Å². The van der Waals surface area contributed by atoms with Crippen LogP contribution in [0.4, 0.5) is 0 Å². The Morgan fingerprint density at radius 1 is 0.485 bits per heavy atom. The third-order valence-electron chi connectivity index (χ3n) is 10.4. The van der Waals surface area contributed by atoms with Crippen LogP contribution in [-0.4, -0.2) is 96.5 Å². The summed E-state index contributed by atoms with van der Waals surface area (Å²) in [5.74, 6) is -1.19. The monoisotopic (exact) mass is 1020 g/mol. The molecule has 3 aromatic heterocycles. The van der Waals surface area contributed by atoms with Crippen molar-refractivity contribution in [2.45, 2.75) is 19.6 Å². The number of aromatic amines is 2. The van der Waals surface area contributed by atoms with E-state index in [4.69, 9.17) is 19.7 Å². The average Bonchev–Trinajstić information content (AvgIpc) is 3.93. The van der Waals surface area contributed by atoms with E-state index >= 15 is 0 Å². The molecule has 8 N–H and O–H groups in total. The first kappa shape index (κ1) is 45.1. The van der Waals surface area contributed by atoms with E-state index in [0.29, 0.717) is 27.4 Å². The van der Waals surface area contributed by atoms with E-state index in [1.54, 1.807) is 0 Å². The van der Waals surface area contributed by atoms with Crippen LogP contribution in [0.15, 0.2) is 117 Å². The third kappa shape index (κ3) is 8.60. The predicted molar refractivity (Wildman–Crippen MR) is 237 cm³/mol. The van der Waals surface area contributed by atoms with E-state index < -0.39 is 87.8 Å². The van der Waals surface area contributed by atoms with Crippen molar-refractivity contribution in [3.05, 3.63) is 97.1 Å². The van der Waals surface area contributed by atoms with E-state index in [2.05, 4.69) is 14.2 Å². The normalized spacial score (nSPS) is 13.5. The van der Waals surface area contributed by atoms with Gasteiger partial charge in [0.05, 0.1) is 54.7 Å². The number of hydrogen-bond donors (Lipinski definition) is 7. The second kappa shape index (κ2) is 15.3. The number of fused-ring (bicyclic) bond motifs is 20. The first-order chi connectivity index (χ1) is 30.6. The maximum atomic E-state index is 13.6. The van der Waals surface area contributed by atoms with Crippen molar-refractivity contribution in [2.24, 2.45) is 5.14 Å². The zero-order chi connectivity index (χ0) is 47.5. The van der Waals surface area contributed by atoms with Crippen LogP contribution in [0.1, 0.15) is 0 Å². The molecule has 0 spiro atoms. The maximum absolute atomic E-state index is 13.6. The van der Waals surface area contributed by atoms with E-state index in [0.717, 1.165) is 24.3 Å². The molecular formula is C38H28N6O16S6. The topological polar surface area (TPSA) is 370 Å². The Labute approximate surface area is 373 Å². The van der Waals surface area contributed by atoms with Crippen LogP contribution in [-0.2, 0) is 64.9 Å². The second-order valence-electron chi connectivity index (χ2n) is 14.7. The molecule has 0 aliphatic carbocycles. The van der Waals surface area contributed by atoms with Gasteiger partial charge in [0.1, 0.15) is 0 Å². The Kier molecular flexibility index (Phi) is 10.4. The summed E-state index contributed by atoms with van der Waals surface area (Å²) in [6.07, 6.45) is 0. The van der Waals surface area contributed by atoms with Gasteiger partial charge in [0, 0.05) is 65.9 Å². The smallest absolute Gasteiger partial charge is 0.354 e. The van der Waals surface area contributed by atoms with Crippen molar-refractivity contribution >= 4 is 104 Å². The van der Waals surface area contributed by atoms with Crippen LogP contribution in [0.3, 0.4) is 0 Å². The Morgan fingerprint density at radius 3 is 1.35 bits per heavy atom. The molecule has 0 atom stereocenters. The zero-order valence-corrected chi connectivity index (χ0v) is 37.6. The summed E-state index contributed by atoms with van der Waals surface area (Å²) in [6.45, 7) is -1.12. The first-order valence-corrected chi connectivity index (χ1v) is 27.3. The number of H-pyrrole nitrogens is 2. The van der Waals surface area contributed by atoms with Gasteiger partial charge in [-0.3, -0.25) is 13.7 Å². The summed E-state index contributed by atoms with van der Waals surface area (Å²) in [4.78, 5) is 14.2.